The van der Waals surface area contributed by atoms with E-state index in [1.807, 2.05) is 42.7 Å². The van der Waals surface area contributed by atoms with E-state index in [-0.39, 0.29) is 11.5 Å². The lowest BCUT2D eigenvalue weighted by atomic mass is 9.68. The molecule has 1 amide bonds. The third kappa shape index (κ3) is 3.46. The van der Waals surface area contributed by atoms with Gasteiger partial charge in [-0.15, -0.1) is 0 Å². The monoisotopic (exact) mass is 430 g/mol. The number of imidazole rings is 1. The lowest BCUT2D eigenvalue weighted by molar-refractivity contribution is -0.0264. The summed E-state index contributed by atoms with van der Waals surface area (Å²) in [7, 11) is 1.61. The molecule has 7 heteroatoms. The minimum absolute atomic E-state index is 0.0639. The average Bonchev–Trinajstić information content (AvgIpc) is 3.32. The molecule has 2 aromatic carbocycles. The molecule has 1 saturated carbocycles. The van der Waals surface area contributed by atoms with Gasteiger partial charge in [0.05, 0.1) is 48.3 Å². The molecule has 1 spiro atoms. The van der Waals surface area contributed by atoms with E-state index in [2.05, 4.69) is 22.5 Å². The molecule has 1 aromatic heterocycles. The van der Waals surface area contributed by atoms with Crippen LogP contribution in [0.5, 0.6) is 5.75 Å². The number of benzene rings is 2. The van der Waals surface area contributed by atoms with E-state index >= 15 is 0 Å². The Morgan fingerprint density at radius 2 is 2.09 bits per heavy atom. The van der Waals surface area contributed by atoms with Crippen molar-refractivity contribution in [2.45, 2.75) is 44.8 Å². The molecule has 2 aliphatic rings. The molecule has 0 unspecified atom stereocenters. The van der Waals surface area contributed by atoms with Gasteiger partial charge in [-0.1, -0.05) is 19.1 Å². The minimum Gasteiger partial charge on any atom is -0.495 e. The zero-order valence-corrected chi connectivity index (χ0v) is 18.4. The fraction of sp³-hybridized carbons (Fsp3) is 0.400. The zero-order valence-electron chi connectivity index (χ0n) is 18.4. The van der Waals surface area contributed by atoms with Crippen LogP contribution in [0.15, 0.2) is 48.8 Å². The number of amides is 1. The van der Waals surface area contributed by atoms with Crippen molar-refractivity contribution in [3.63, 3.8) is 0 Å². The normalized spacial score (nSPS) is 25.2. The summed E-state index contributed by atoms with van der Waals surface area (Å²) in [6.45, 7) is 3.53. The highest BCUT2D eigenvalue weighted by molar-refractivity contribution is 5.92. The second-order valence-corrected chi connectivity index (χ2v) is 9.34. The highest BCUT2D eigenvalue weighted by Gasteiger charge is 2.52. The van der Waals surface area contributed by atoms with Gasteiger partial charge < -0.3 is 14.0 Å². The standard InChI is InChI=1S/C25H26N4O3/c1-24(15-28-17-27-19-9-8-18(13-26)12-21(19)28)10-5-11-25(14-24)16-29(23(30)32-25)20-6-3-4-7-22(20)31-2/h3-4,6-9,12,17H,5,10-11,14-16H2,1-2H3/t24-,25-/m0/s1. The molecule has 7 nitrogen and oxygen atoms in total. The molecule has 3 aromatic rings. The molecule has 0 radical (unpaired) electrons. The highest BCUT2D eigenvalue weighted by Crippen LogP contribution is 2.48. The molecule has 1 saturated heterocycles. The van der Waals surface area contributed by atoms with Crippen LogP contribution in [0, 0.1) is 16.7 Å². The Morgan fingerprint density at radius 1 is 1.25 bits per heavy atom. The molecule has 5 rings (SSSR count). The van der Waals surface area contributed by atoms with Gasteiger partial charge >= 0.3 is 6.09 Å². The fourth-order valence-electron chi connectivity index (χ4n) is 5.47. The third-order valence-electron chi connectivity index (χ3n) is 6.81. The number of para-hydroxylation sites is 2. The van der Waals surface area contributed by atoms with Crippen molar-refractivity contribution in [1.82, 2.24) is 9.55 Å². The summed E-state index contributed by atoms with van der Waals surface area (Å²) in [5, 5.41) is 9.28. The van der Waals surface area contributed by atoms with Crippen LogP contribution in [0.3, 0.4) is 0 Å². The topological polar surface area (TPSA) is 80.4 Å². The number of carbonyl (C=O) groups excluding carboxylic acids is 1. The third-order valence-corrected chi connectivity index (χ3v) is 6.81. The number of fused-ring (bicyclic) bond motifs is 1. The molecule has 0 bridgehead atoms. The number of nitriles is 1. The predicted octanol–water partition coefficient (Wildman–Crippen LogP) is 4.89. The van der Waals surface area contributed by atoms with E-state index in [1.165, 1.54) is 0 Å². The van der Waals surface area contributed by atoms with Crippen molar-refractivity contribution in [2.24, 2.45) is 5.41 Å². The first-order chi connectivity index (χ1) is 15.4. The Bertz CT molecular complexity index is 1230. The number of nitrogens with zero attached hydrogens (tertiary/aromatic N) is 4. The number of ether oxygens (including phenoxy) is 2. The maximum atomic E-state index is 12.9. The maximum Gasteiger partial charge on any atom is 0.415 e. The summed E-state index contributed by atoms with van der Waals surface area (Å²) in [6, 6.07) is 15.3. The predicted molar refractivity (Wildman–Crippen MR) is 121 cm³/mol. The molecule has 2 heterocycles. The van der Waals surface area contributed by atoms with Crippen LogP contribution in [-0.2, 0) is 11.3 Å². The second kappa shape index (κ2) is 7.56. The highest BCUT2D eigenvalue weighted by atomic mass is 16.6. The molecule has 2 atom stereocenters. The van der Waals surface area contributed by atoms with E-state index in [0.29, 0.717) is 17.9 Å². The van der Waals surface area contributed by atoms with Gasteiger partial charge in [-0.2, -0.15) is 5.26 Å². The van der Waals surface area contributed by atoms with Gasteiger partial charge in [0, 0.05) is 6.54 Å². The number of hydrogen-bond acceptors (Lipinski definition) is 5. The summed E-state index contributed by atoms with van der Waals surface area (Å²) in [5.74, 6) is 0.665. The van der Waals surface area contributed by atoms with Gasteiger partial charge in [0.15, 0.2) is 0 Å². The molecule has 1 aliphatic carbocycles. The van der Waals surface area contributed by atoms with Crippen LogP contribution in [0.2, 0.25) is 0 Å². The van der Waals surface area contributed by atoms with Gasteiger partial charge in [-0.25, -0.2) is 9.78 Å². The zero-order chi connectivity index (χ0) is 22.3. The Balaban J connectivity index is 1.41. The van der Waals surface area contributed by atoms with Gasteiger partial charge in [-0.3, -0.25) is 4.90 Å². The number of methoxy groups -OCH3 is 1. The summed E-state index contributed by atoms with van der Waals surface area (Å²) >= 11 is 0. The van der Waals surface area contributed by atoms with Crippen LogP contribution in [0.25, 0.3) is 11.0 Å². The van der Waals surface area contributed by atoms with Crippen LogP contribution >= 0.6 is 0 Å². The lowest BCUT2D eigenvalue weighted by Gasteiger charge is -2.43. The van der Waals surface area contributed by atoms with E-state index < -0.39 is 5.60 Å². The fourth-order valence-corrected chi connectivity index (χ4v) is 5.47. The van der Waals surface area contributed by atoms with E-state index in [1.54, 1.807) is 18.1 Å². The Morgan fingerprint density at radius 3 is 2.91 bits per heavy atom. The van der Waals surface area contributed by atoms with Crippen molar-refractivity contribution in [1.29, 1.82) is 5.26 Å². The number of hydrogen-bond donors (Lipinski definition) is 0. The first-order valence-electron chi connectivity index (χ1n) is 10.9. The average molecular weight is 431 g/mol. The first kappa shape index (κ1) is 20.4. The molecular weight excluding hydrogens is 404 g/mol. The quantitative estimate of drug-likeness (QED) is 0.589. The Hall–Kier alpha value is -3.53. The first-order valence-corrected chi connectivity index (χ1v) is 10.9. The number of anilines is 1. The molecule has 1 aliphatic heterocycles. The van der Waals surface area contributed by atoms with Gasteiger partial charge in [0.1, 0.15) is 11.4 Å². The number of carbonyl (C=O) groups is 1. The molecule has 32 heavy (non-hydrogen) atoms. The minimum atomic E-state index is -0.515. The molecular formula is C25H26N4O3. The molecule has 2 fully saturated rings. The van der Waals surface area contributed by atoms with Crippen LogP contribution in [0.1, 0.15) is 38.2 Å². The number of rotatable bonds is 4. The van der Waals surface area contributed by atoms with Gasteiger partial charge in [0.2, 0.25) is 0 Å². The Kier molecular flexibility index (Phi) is 4.81. The van der Waals surface area contributed by atoms with Crippen molar-refractivity contribution in [3.8, 4) is 11.8 Å². The lowest BCUT2D eigenvalue weighted by Crippen LogP contribution is -2.45. The van der Waals surface area contributed by atoms with Crippen molar-refractivity contribution >= 4 is 22.8 Å². The van der Waals surface area contributed by atoms with Crippen LogP contribution in [0.4, 0.5) is 10.5 Å². The number of aromatic nitrogens is 2. The summed E-state index contributed by atoms with van der Waals surface area (Å²) < 4.78 is 13.7. The molecule has 164 valence electrons. The smallest absolute Gasteiger partial charge is 0.415 e. The van der Waals surface area contributed by atoms with E-state index in [0.717, 1.165) is 48.9 Å². The van der Waals surface area contributed by atoms with E-state index in [9.17, 15) is 10.1 Å². The van der Waals surface area contributed by atoms with Crippen LogP contribution in [-0.4, -0.2) is 34.9 Å². The van der Waals surface area contributed by atoms with Crippen molar-refractivity contribution < 1.29 is 14.3 Å². The largest absolute Gasteiger partial charge is 0.495 e. The van der Waals surface area contributed by atoms with Gasteiger partial charge in [0.25, 0.3) is 0 Å². The molecule has 0 N–H and O–H groups in total. The summed E-state index contributed by atoms with van der Waals surface area (Å²) in [4.78, 5) is 19.1. The second-order valence-electron chi connectivity index (χ2n) is 9.34. The van der Waals surface area contributed by atoms with Crippen molar-refractivity contribution in [3.05, 3.63) is 54.4 Å². The van der Waals surface area contributed by atoms with Crippen LogP contribution < -0.4 is 9.64 Å². The van der Waals surface area contributed by atoms with E-state index in [4.69, 9.17) is 9.47 Å². The summed E-state index contributed by atoms with van der Waals surface area (Å²) in [5.41, 5.74) is 2.64. The maximum absolute atomic E-state index is 12.9. The Labute approximate surface area is 187 Å². The SMILES string of the molecule is COc1ccccc1N1C[C@@]2(CCC[C@](C)(Cn3cnc4ccc(C#N)cc43)C2)OC1=O. The van der Waals surface area contributed by atoms with Gasteiger partial charge in [-0.05, 0) is 61.4 Å². The summed E-state index contributed by atoms with van der Waals surface area (Å²) in [6.07, 6.45) is 5.18. The van der Waals surface area contributed by atoms with Crippen molar-refractivity contribution in [2.75, 3.05) is 18.6 Å².